The summed E-state index contributed by atoms with van der Waals surface area (Å²) in [6, 6.07) is 30.2. The van der Waals surface area contributed by atoms with Crippen LogP contribution in [0.5, 0.6) is 0 Å². The Balaban J connectivity index is 1.29. The Morgan fingerprint density at radius 1 is 0.737 bits per heavy atom. The van der Waals surface area contributed by atoms with Gasteiger partial charge in [0.25, 0.3) is 5.91 Å². The Bertz CT molecular complexity index is 1170. The van der Waals surface area contributed by atoms with E-state index in [2.05, 4.69) is 41.4 Å². The molecule has 0 atom stereocenters. The largest absolute Gasteiger partial charge is 0.396 e. The molecule has 0 bridgehead atoms. The number of imidazole rings is 1. The van der Waals surface area contributed by atoms with Gasteiger partial charge in [0.2, 0.25) is 0 Å². The molecule has 2 N–H and O–H groups in total. The third kappa shape index (κ3) is 8.07. The highest BCUT2D eigenvalue weighted by Crippen LogP contribution is 2.32. The maximum Gasteiger partial charge on any atom is 0.253 e. The monoisotopic (exact) mass is 527 g/mol. The molecule has 0 saturated heterocycles. The standard InChI is InChI=1S/C32H37N3O2S/c36-24-14-4-12-22-35(31(37)28-20-10-3-11-21-28)23-13-5-15-25-38-32-33-29(26-16-6-1-7-17-26)30(34-32)27-18-8-2-9-19-27/h1-3,6-11,16-21,36H,4-5,12-15,22-25H2,(H,33,34). The SMILES string of the molecule is O=C(c1ccccc1)N(CCCCCO)CCCCCSc1nc(-c2ccccc2)c(-c2ccccc2)[nH]1. The third-order valence-corrected chi connectivity index (χ3v) is 7.46. The second-order valence-electron chi connectivity index (χ2n) is 9.35. The lowest BCUT2D eigenvalue weighted by Gasteiger charge is -2.23. The average molecular weight is 528 g/mol. The van der Waals surface area contributed by atoms with Gasteiger partial charge in [-0.1, -0.05) is 97.0 Å². The van der Waals surface area contributed by atoms with Crippen LogP contribution >= 0.6 is 11.8 Å². The van der Waals surface area contributed by atoms with Crippen molar-refractivity contribution in [3.8, 4) is 22.5 Å². The number of thioether (sulfide) groups is 1. The highest BCUT2D eigenvalue weighted by Gasteiger charge is 2.16. The number of hydrogen-bond donors (Lipinski definition) is 2. The highest BCUT2D eigenvalue weighted by molar-refractivity contribution is 7.99. The molecule has 3 aromatic carbocycles. The summed E-state index contributed by atoms with van der Waals surface area (Å²) in [5.41, 5.74) is 5.02. The smallest absolute Gasteiger partial charge is 0.253 e. The van der Waals surface area contributed by atoms with Crippen molar-refractivity contribution in [2.24, 2.45) is 0 Å². The first-order chi connectivity index (χ1) is 18.8. The van der Waals surface area contributed by atoms with Gasteiger partial charge in [-0.3, -0.25) is 4.79 Å². The number of aliphatic hydroxyl groups is 1. The number of aromatic amines is 1. The molecule has 0 fully saturated rings. The molecule has 0 saturated carbocycles. The van der Waals surface area contributed by atoms with Gasteiger partial charge in [0.05, 0.1) is 11.4 Å². The molecule has 198 valence electrons. The van der Waals surface area contributed by atoms with Crippen LogP contribution < -0.4 is 0 Å². The zero-order valence-corrected chi connectivity index (χ0v) is 22.7. The van der Waals surface area contributed by atoms with E-state index in [-0.39, 0.29) is 12.5 Å². The first-order valence-corrected chi connectivity index (χ1v) is 14.5. The Kier molecular flexibility index (Phi) is 11.0. The molecule has 4 aromatic rings. The molecule has 0 spiro atoms. The number of amides is 1. The van der Waals surface area contributed by atoms with Gasteiger partial charge in [-0.2, -0.15) is 0 Å². The molecular weight excluding hydrogens is 490 g/mol. The van der Waals surface area contributed by atoms with Gasteiger partial charge in [0.15, 0.2) is 5.16 Å². The number of unbranched alkanes of at least 4 members (excludes halogenated alkanes) is 4. The van der Waals surface area contributed by atoms with E-state index in [9.17, 15) is 4.79 Å². The second kappa shape index (κ2) is 15.2. The van der Waals surface area contributed by atoms with E-state index in [1.54, 1.807) is 11.8 Å². The summed E-state index contributed by atoms with van der Waals surface area (Å²) in [6.07, 6.45) is 5.73. The molecule has 0 aliphatic rings. The van der Waals surface area contributed by atoms with E-state index in [0.717, 1.165) is 90.6 Å². The number of carbonyl (C=O) groups is 1. The van der Waals surface area contributed by atoms with Crippen LogP contribution in [0.1, 0.15) is 48.9 Å². The maximum atomic E-state index is 13.0. The number of benzene rings is 3. The van der Waals surface area contributed by atoms with Gasteiger partial charge in [-0.25, -0.2) is 4.98 Å². The zero-order valence-electron chi connectivity index (χ0n) is 21.9. The Labute approximate surface area is 230 Å². The summed E-state index contributed by atoms with van der Waals surface area (Å²) in [6.45, 7) is 1.70. The Hall–Kier alpha value is -3.35. The Morgan fingerprint density at radius 3 is 1.95 bits per heavy atom. The first-order valence-electron chi connectivity index (χ1n) is 13.5. The molecule has 1 aromatic heterocycles. The molecule has 0 radical (unpaired) electrons. The van der Waals surface area contributed by atoms with Crippen molar-refractivity contribution in [1.29, 1.82) is 0 Å². The zero-order chi connectivity index (χ0) is 26.4. The van der Waals surface area contributed by atoms with E-state index < -0.39 is 0 Å². The predicted octanol–water partition coefficient (Wildman–Crippen LogP) is 7.31. The predicted molar refractivity (Wildman–Crippen MR) is 157 cm³/mol. The number of aliphatic hydroxyl groups excluding tert-OH is 1. The Morgan fingerprint density at radius 2 is 1.32 bits per heavy atom. The third-order valence-electron chi connectivity index (χ3n) is 6.50. The fourth-order valence-electron chi connectivity index (χ4n) is 4.46. The quantitative estimate of drug-likeness (QED) is 0.126. The molecule has 0 unspecified atom stereocenters. The normalized spacial score (nSPS) is 11.0. The van der Waals surface area contributed by atoms with E-state index >= 15 is 0 Å². The minimum atomic E-state index is 0.0986. The van der Waals surface area contributed by atoms with Crippen LogP contribution in [0.3, 0.4) is 0 Å². The van der Waals surface area contributed by atoms with Crippen LogP contribution in [-0.4, -0.2) is 51.3 Å². The summed E-state index contributed by atoms with van der Waals surface area (Å²) in [5, 5.41) is 10.0. The first kappa shape index (κ1) is 27.7. The van der Waals surface area contributed by atoms with Gasteiger partial charge in [-0.05, 0) is 44.2 Å². The number of hydrogen-bond acceptors (Lipinski definition) is 4. The number of H-pyrrole nitrogens is 1. The minimum Gasteiger partial charge on any atom is -0.396 e. The fourth-order valence-corrected chi connectivity index (χ4v) is 5.33. The van der Waals surface area contributed by atoms with Crippen molar-refractivity contribution >= 4 is 17.7 Å². The molecule has 1 amide bonds. The van der Waals surface area contributed by atoms with Gasteiger partial charge in [0.1, 0.15) is 0 Å². The van der Waals surface area contributed by atoms with Gasteiger partial charge in [-0.15, -0.1) is 0 Å². The van der Waals surface area contributed by atoms with Crippen LogP contribution in [0.25, 0.3) is 22.5 Å². The number of aromatic nitrogens is 2. The van der Waals surface area contributed by atoms with E-state index in [4.69, 9.17) is 10.1 Å². The molecular formula is C32H37N3O2S. The van der Waals surface area contributed by atoms with Crippen LogP contribution in [0.2, 0.25) is 0 Å². The van der Waals surface area contributed by atoms with Crippen molar-refractivity contribution < 1.29 is 9.90 Å². The van der Waals surface area contributed by atoms with Crippen molar-refractivity contribution in [3.63, 3.8) is 0 Å². The average Bonchev–Trinajstić information content (AvgIpc) is 3.41. The topological polar surface area (TPSA) is 69.2 Å². The summed E-state index contributed by atoms with van der Waals surface area (Å²) in [5.74, 6) is 1.07. The van der Waals surface area contributed by atoms with Crippen LogP contribution in [0, 0.1) is 0 Å². The van der Waals surface area contributed by atoms with Gasteiger partial charge < -0.3 is 15.0 Å². The van der Waals surface area contributed by atoms with Crippen LogP contribution in [0.15, 0.2) is 96.2 Å². The van der Waals surface area contributed by atoms with E-state index in [1.165, 1.54) is 0 Å². The molecule has 4 rings (SSSR count). The summed E-state index contributed by atoms with van der Waals surface area (Å²) >= 11 is 1.76. The van der Waals surface area contributed by atoms with E-state index in [1.807, 2.05) is 59.5 Å². The molecule has 1 heterocycles. The van der Waals surface area contributed by atoms with Gasteiger partial charge in [0, 0.05) is 42.1 Å². The number of rotatable bonds is 15. The molecule has 6 heteroatoms. The molecule has 0 aliphatic carbocycles. The maximum absolute atomic E-state index is 13.0. The molecule has 38 heavy (non-hydrogen) atoms. The highest BCUT2D eigenvalue weighted by atomic mass is 32.2. The van der Waals surface area contributed by atoms with Crippen molar-refractivity contribution in [2.75, 3.05) is 25.4 Å². The van der Waals surface area contributed by atoms with Crippen LogP contribution in [0.4, 0.5) is 0 Å². The lowest BCUT2D eigenvalue weighted by atomic mass is 10.1. The molecule has 0 aliphatic heterocycles. The lowest BCUT2D eigenvalue weighted by Crippen LogP contribution is -2.33. The molecule has 5 nitrogen and oxygen atoms in total. The summed E-state index contributed by atoms with van der Waals surface area (Å²) in [4.78, 5) is 23.5. The second-order valence-corrected chi connectivity index (χ2v) is 10.4. The number of carbonyl (C=O) groups excluding carboxylic acids is 1. The van der Waals surface area contributed by atoms with Crippen LogP contribution in [-0.2, 0) is 0 Å². The van der Waals surface area contributed by atoms with Gasteiger partial charge >= 0.3 is 0 Å². The van der Waals surface area contributed by atoms with E-state index in [0.29, 0.717) is 0 Å². The number of nitrogens with zero attached hydrogens (tertiary/aromatic N) is 2. The lowest BCUT2D eigenvalue weighted by molar-refractivity contribution is 0.0749. The number of nitrogens with one attached hydrogen (secondary N) is 1. The van der Waals surface area contributed by atoms with Crippen molar-refractivity contribution in [2.45, 2.75) is 43.7 Å². The summed E-state index contributed by atoms with van der Waals surface area (Å²) < 4.78 is 0. The minimum absolute atomic E-state index is 0.0986. The van der Waals surface area contributed by atoms with Crippen molar-refractivity contribution in [1.82, 2.24) is 14.9 Å². The summed E-state index contributed by atoms with van der Waals surface area (Å²) in [7, 11) is 0. The van der Waals surface area contributed by atoms with Crippen molar-refractivity contribution in [3.05, 3.63) is 96.6 Å². The fraction of sp³-hybridized carbons (Fsp3) is 0.312.